The van der Waals surface area contributed by atoms with Crippen LogP contribution in [0.3, 0.4) is 0 Å². The number of thioether (sulfide) groups is 1. The Morgan fingerprint density at radius 1 is 1.00 bits per heavy atom. The molecule has 39 heavy (non-hydrogen) atoms. The highest BCUT2D eigenvalue weighted by atomic mass is 32.2. The van der Waals surface area contributed by atoms with Gasteiger partial charge in [-0.2, -0.15) is 11.8 Å². The second-order valence-electron chi connectivity index (χ2n) is 11.4. The van der Waals surface area contributed by atoms with Gasteiger partial charge in [0, 0.05) is 12.6 Å². The predicted molar refractivity (Wildman–Crippen MR) is 163 cm³/mol. The number of amides is 3. The quantitative estimate of drug-likeness (QED) is 0.204. The molecule has 1 aromatic rings. The van der Waals surface area contributed by atoms with Crippen LogP contribution in [0, 0.1) is 6.92 Å². The van der Waals surface area contributed by atoms with Gasteiger partial charge < -0.3 is 20.3 Å². The number of benzene rings is 1. The largest absolute Gasteiger partial charge is 0.444 e. The molecule has 8 heteroatoms. The molecule has 7 nitrogen and oxygen atoms in total. The first-order valence-electron chi connectivity index (χ1n) is 14.6. The first-order chi connectivity index (χ1) is 18.4. The van der Waals surface area contributed by atoms with Gasteiger partial charge in [0.25, 0.3) is 0 Å². The second-order valence-corrected chi connectivity index (χ2v) is 12.4. The van der Waals surface area contributed by atoms with E-state index >= 15 is 0 Å². The lowest BCUT2D eigenvalue weighted by Crippen LogP contribution is -2.54. The van der Waals surface area contributed by atoms with Crippen LogP contribution in [0.4, 0.5) is 4.79 Å². The van der Waals surface area contributed by atoms with Crippen LogP contribution in [0.25, 0.3) is 0 Å². The molecule has 0 bridgehead atoms. The average molecular weight is 564 g/mol. The smallest absolute Gasteiger partial charge is 0.408 e. The van der Waals surface area contributed by atoms with Crippen molar-refractivity contribution in [3.05, 3.63) is 35.4 Å². The van der Waals surface area contributed by atoms with Gasteiger partial charge in [-0.05, 0) is 71.5 Å². The lowest BCUT2D eigenvalue weighted by molar-refractivity contribution is -0.143. The molecule has 0 aliphatic carbocycles. The Morgan fingerprint density at radius 3 is 2.28 bits per heavy atom. The van der Waals surface area contributed by atoms with E-state index < -0.39 is 23.8 Å². The molecule has 0 radical (unpaired) electrons. The van der Waals surface area contributed by atoms with Gasteiger partial charge >= 0.3 is 6.09 Å². The molecule has 3 unspecified atom stereocenters. The summed E-state index contributed by atoms with van der Waals surface area (Å²) >= 11 is 1.61. The van der Waals surface area contributed by atoms with Crippen LogP contribution >= 0.6 is 11.8 Å². The zero-order chi connectivity index (χ0) is 29.4. The van der Waals surface area contributed by atoms with E-state index in [-0.39, 0.29) is 17.9 Å². The van der Waals surface area contributed by atoms with Crippen molar-refractivity contribution in [2.24, 2.45) is 0 Å². The molecule has 0 fully saturated rings. The number of ether oxygens (including phenoxy) is 1. The van der Waals surface area contributed by atoms with E-state index in [0.29, 0.717) is 18.7 Å². The molecule has 0 spiro atoms. The van der Waals surface area contributed by atoms with Gasteiger partial charge in [-0.25, -0.2) is 4.79 Å². The van der Waals surface area contributed by atoms with Crippen molar-refractivity contribution in [1.82, 2.24) is 15.5 Å². The van der Waals surface area contributed by atoms with Crippen LogP contribution in [0.5, 0.6) is 0 Å². The van der Waals surface area contributed by atoms with Crippen LogP contribution in [0.1, 0.15) is 110 Å². The van der Waals surface area contributed by atoms with Gasteiger partial charge in [-0.3, -0.25) is 9.59 Å². The molecule has 2 N–H and O–H groups in total. The molecule has 0 aliphatic rings. The van der Waals surface area contributed by atoms with Crippen LogP contribution in [0.2, 0.25) is 0 Å². The maximum absolute atomic E-state index is 14.3. The van der Waals surface area contributed by atoms with Gasteiger partial charge in [0.15, 0.2) is 0 Å². The summed E-state index contributed by atoms with van der Waals surface area (Å²) in [6.07, 6.45) is 8.70. The molecular weight excluding hydrogens is 510 g/mol. The number of carbonyl (C=O) groups is 3. The highest BCUT2D eigenvalue weighted by Crippen LogP contribution is 2.26. The third-order valence-corrected chi connectivity index (χ3v) is 7.06. The molecule has 1 aromatic carbocycles. The topological polar surface area (TPSA) is 87.7 Å². The molecule has 222 valence electrons. The zero-order valence-corrected chi connectivity index (χ0v) is 26.4. The third kappa shape index (κ3) is 13.6. The number of hydrogen-bond acceptors (Lipinski definition) is 5. The summed E-state index contributed by atoms with van der Waals surface area (Å²) in [5.41, 5.74) is 1.11. The predicted octanol–water partition coefficient (Wildman–Crippen LogP) is 6.79. The van der Waals surface area contributed by atoms with Crippen LogP contribution in [0.15, 0.2) is 24.3 Å². The van der Waals surface area contributed by atoms with Gasteiger partial charge in [0.1, 0.15) is 17.7 Å². The van der Waals surface area contributed by atoms with Gasteiger partial charge in [-0.1, -0.05) is 75.8 Å². The molecule has 0 saturated heterocycles. The average Bonchev–Trinajstić information content (AvgIpc) is 2.84. The summed E-state index contributed by atoms with van der Waals surface area (Å²) in [6, 6.07) is 6.20. The number of unbranched alkanes of at least 4 members (excludes halogenated alkanes) is 4. The second kappa shape index (κ2) is 18.2. The number of alkyl carbamates (subject to hydrolysis) is 1. The van der Waals surface area contributed by atoms with Crippen molar-refractivity contribution in [2.75, 3.05) is 18.6 Å². The van der Waals surface area contributed by atoms with Crippen LogP contribution < -0.4 is 10.6 Å². The summed E-state index contributed by atoms with van der Waals surface area (Å²) in [5, 5.41) is 5.97. The number of hydrogen-bond donors (Lipinski definition) is 2. The Morgan fingerprint density at radius 2 is 1.69 bits per heavy atom. The lowest BCUT2D eigenvalue weighted by atomic mass is 9.99. The van der Waals surface area contributed by atoms with Gasteiger partial charge in [0.2, 0.25) is 11.8 Å². The highest BCUT2D eigenvalue weighted by Gasteiger charge is 2.36. The molecule has 3 amide bonds. The van der Waals surface area contributed by atoms with Crippen LogP contribution in [-0.2, 0) is 14.3 Å². The SMILES string of the molecule is CCCCCCCN(C(=O)C(CCSC)NC(=O)OC(C)(C)C)C(C(=O)NC(C)CCC)c1cccc(C)c1. The van der Waals surface area contributed by atoms with Crippen molar-refractivity contribution in [2.45, 2.75) is 124 Å². The highest BCUT2D eigenvalue weighted by molar-refractivity contribution is 7.98. The van der Waals surface area contributed by atoms with Crippen LogP contribution in [-0.4, -0.2) is 59.0 Å². The Balaban J connectivity index is 3.46. The minimum Gasteiger partial charge on any atom is -0.444 e. The van der Waals surface area contributed by atoms with E-state index in [2.05, 4.69) is 24.5 Å². The Bertz CT molecular complexity index is 887. The molecule has 0 saturated carbocycles. The summed E-state index contributed by atoms with van der Waals surface area (Å²) < 4.78 is 5.48. The lowest BCUT2D eigenvalue weighted by Gasteiger charge is -2.35. The van der Waals surface area contributed by atoms with Crippen molar-refractivity contribution in [3.63, 3.8) is 0 Å². The van der Waals surface area contributed by atoms with Gasteiger partial charge in [-0.15, -0.1) is 0 Å². The fourth-order valence-electron chi connectivity index (χ4n) is 4.54. The fourth-order valence-corrected chi connectivity index (χ4v) is 5.01. The molecule has 0 aliphatic heterocycles. The van der Waals surface area contributed by atoms with E-state index in [1.165, 1.54) is 0 Å². The van der Waals surface area contributed by atoms with E-state index in [1.807, 2.05) is 44.4 Å². The Labute approximate surface area is 241 Å². The van der Waals surface area contributed by atoms with E-state index in [0.717, 1.165) is 56.1 Å². The van der Waals surface area contributed by atoms with Crippen molar-refractivity contribution >= 4 is 29.7 Å². The molecule has 0 heterocycles. The normalized spacial score (nSPS) is 13.7. The number of carbonyl (C=O) groups excluding carboxylic acids is 3. The molecule has 1 rings (SSSR count). The third-order valence-electron chi connectivity index (χ3n) is 6.41. The van der Waals surface area contributed by atoms with Crippen molar-refractivity contribution in [3.8, 4) is 0 Å². The first-order valence-corrected chi connectivity index (χ1v) is 16.0. The van der Waals surface area contributed by atoms with Crippen molar-refractivity contribution in [1.29, 1.82) is 0 Å². The maximum atomic E-state index is 14.3. The van der Waals surface area contributed by atoms with E-state index in [1.54, 1.807) is 37.4 Å². The minimum absolute atomic E-state index is 0.0107. The number of rotatable bonds is 17. The number of nitrogens with zero attached hydrogens (tertiary/aromatic N) is 1. The Kier molecular flexibility index (Phi) is 16.2. The standard InChI is InChI=1S/C31H53N3O4S/c1-9-11-12-13-14-20-34(29(36)26(19-21-39-8)33-30(37)38-31(5,6)7)27(25-18-15-17-23(3)22-25)28(35)32-24(4)16-10-2/h15,17-18,22,24,26-27H,9-14,16,19-21H2,1-8H3,(H,32,35)(H,33,37). The number of aryl methyl sites for hydroxylation is 1. The zero-order valence-electron chi connectivity index (χ0n) is 25.6. The monoisotopic (exact) mass is 563 g/mol. The first kappa shape index (κ1) is 34.8. The molecular formula is C31H53N3O4S. The van der Waals surface area contributed by atoms with Gasteiger partial charge in [0.05, 0.1) is 0 Å². The number of nitrogens with one attached hydrogen (secondary N) is 2. The van der Waals surface area contributed by atoms with E-state index in [4.69, 9.17) is 4.74 Å². The summed E-state index contributed by atoms with van der Waals surface area (Å²) in [4.78, 5) is 42.5. The summed E-state index contributed by atoms with van der Waals surface area (Å²) in [6.45, 7) is 14.1. The molecule has 0 aromatic heterocycles. The molecule has 3 atom stereocenters. The van der Waals surface area contributed by atoms with E-state index in [9.17, 15) is 14.4 Å². The van der Waals surface area contributed by atoms with Crippen molar-refractivity contribution < 1.29 is 19.1 Å². The maximum Gasteiger partial charge on any atom is 0.408 e. The fraction of sp³-hybridized carbons (Fsp3) is 0.710. The minimum atomic E-state index is -0.795. The Hall–Kier alpha value is -2.22. The summed E-state index contributed by atoms with van der Waals surface area (Å²) in [7, 11) is 0. The summed E-state index contributed by atoms with van der Waals surface area (Å²) in [5.74, 6) is 0.241.